The van der Waals surface area contributed by atoms with Crippen LogP contribution in [0.5, 0.6) is 0 Å². The highest BCUT2D eigenvalue weighted by molar-refractivity contribution is 14.0. The molecule has 0 bridgehead atoms. The number of rotatable bonds is 7. The lowest BCUT2D eigenvalue weighted by atomic mass is 10.1. The summed E-state index contributed by atoms with van der Waals surface area (Å²) >= 11 is 0. The molecule has 0 atom stereocenters. The second kappa shape index (κ2) is 11.4. The Morgan fingerprint density at radius 1 is 1.16 bits per heavy atom. The molecule has 1 rings (SSSR count). The maximum atomic E-state index is 13.5. The second-order valence-electron chi connectivity index (χ2n) is 5.26. The van der Waals surface area contributed by atoms with Crippen LogP contribution in [0.25, 0.3) is 0 Å². The molecule has 0 spiro atoms. The molecule has 10 heteroatoms. The van der Waals surface area contributed by atoms with E-state index in [1.54, 1.807) is 0 Å². The molecule has 0 heterocycles. The lowest BCUT2D eigenvalue weighted by Gasteiger charge is -2.19. The van der Waals surface area contributed by atoms with Gasteiger partial charge in [-0.1, -0.05) is 0 Å². The molecule has 0 aliphatic rings. The molecule has 0 radical (unpaired) electrons. The number of hydrogen-bond acceptors (Lipinski definition) is 2. The Morgan fingerprint density at radius 2 is 1.80 bits per heavy atom. The number of halogens is 6. The van der Waals surface area contributed by atoms with Gasteiger partial charge in [-0.25, -0.2) is 8.78 Å². The number of nitrogens with zero attached hydrogens (tertiary/aromatic N) is 2. The Labute approximate surface area is 160 Å². The van der Waals surface area contributed by atoms with Crippen molar-refractivity contribution in [1.29, 1.82) is 0 Å². The van der Waals surface area contributed by atoms with E-state index in [0.29, 0.717) is 12.5 Å². The van der Waals surface area contributed by atoms with Gasteiger partial charge in [-0.05, 0) is 37.2 Å². The molecule has 4 nitrogen and oxygen atoms in total. The highest BCUT2D eigenvalue weighted by atomic mass is 127. The van der Waals surface area contributed by atoms with Gasteiger partial charge in [0, 0.05) is 26.7 Å². The maximum absolute atomic E-state index is 13.5. The molecule has 0 aliphatic heterocycles. The second-order valence-corrected chi connectivity index (χ2v) is 5.26. The molecule has 0 saturated carbocycles. The first-order valence-electron chi connectivity index (χ1n) is 7.35. The van der Waals surface area contributed by atoms with Crippen LogP contribution in [-0.4, -0.2) is 57.3 Å². The Bertz CT molecular complexity index is 551. The van der Waals surface area contributed by atoms with Crippen molar-refractivity contribution < 1.29 is 22.0 Å². The van der Waals surface area contributed by atoms with Gasteiger partial charge in [0.25, 0.3) is 0 Å². The molecule has 1 aromatic carbocycles. The van der Waals surface area contributed by atoms with Gasteiger partial charge >= 0.3 is 6.18 Å². The van der Waals surface area contributed by atoms with E-state index in [2.05, 4.69) is 15.6 Å². The van der Waals surface area contributed by atoms with Crippen molar-refractivity contribution in [3.8, 4) is 0 Å². The third kappa shape index (κ3) is 10.4. The Hall–Kier alpha value is -1.17. The molecule has 2 N–H and O–H groups in total. The summed E-state index contributed by atoms with van der Waals surface area (Å²) in [7, 11) is 2.88. The molecular formula is C15H22F5IN4. The predicted octanol–water partition coefficient (Wildman–Crippen LogP) is 2.78. The quantitative estimate of drug-likeness (QED) is 0.273. The molecule has 1 aromatic rings. The number of guanidine groups is 1. The highest BCUT2D eigenvalue weighted by Crippen LogP contribution is 2.15. The van der Waals surface area contributed by atoms with E-state index in [0.717, 1.165) is 23.1 Å². The zero-order chi connectivity index (χ0) is 18.2. The van der Waals surface area contributed by atoms with E-state index >= 15 is 0 Å². The fraction of sp³-hybridized carbons (Fsp3) is 0.533. The topological polar surface area (TPSA) is 39.7 Å². The van der Waals surface area contributed by atoms with Gasteiger partial charge in [0.15, 0.2) is 5.96 Å². The summed E-state index contributed by atoms with van der Waals surface area (Å²) in [6.07, 6.45) is -3.98. The van der Waals surface area contributed by atoms with E-state index < -0.39 is 24.4 Å². The average molecular weight is 480 g/mol. The van der Waals surface area contributed by atoms with Gasteiger partial charge in [0.05, 0.1) is 6.54 Å². The summed E-state index contributed by atoms with van der Waals surface area (Å²) in [6.45, 7) is -0.239. The molecule has 0 fully saturated rings. The molecule has 0 saturated heterocycles. The lowest BCUT2D eigenvalue weighted by Crippen LogP contribution is -2.43. The zero-order valence-corrected chi connectivity index (χ0v) is 16.3. The first-order valence-corrected chi connectivity index (χ1v) is 7.35. The summed E-state index contributed by atoms with van der Waals surface area (Å²) in [5.41, 5.74) is 0.239. The molecule has 0 aliphatic carbocycles. The number of nitrogens with one attached hydrogen (secondary N) is 2. The average Bonchev–Trinajstić information content (AvgIpc) is 2.47. The lowest BCUT2D eigenvalue weighted by molar-refractivity contribution is -0.142. The molecule has 0 aromatic heterocycles. The van der Waals surface area contributed by atoms with Gasteiger partial charge in [-0.3, -0.25) is 9.89 Å². The van der Waals surface area contributed by atoms with Crippen LogP contribution < -0.4 is 10.6 Å². The molecule has 0 amide bonds. The minimum absolute atomic E-state index is 0. The van der Waals surface area contributed by atoms with Crippen molar-refractivity contribution in [3.05, 3.63) is 35.4 Å². The van der Waals surface area contributed by atoms with Crippen LogP contribution in [0.15, 0.2) is 23.2 Å². The van der Waals surface area contributed by atoms with Crippen molar-refractivity contribution in [2.24, 2.45) is 4.99 Å². The molecular weight excluding hydrogens is 458 g/mol. The van der Waals surface area contributed by atoms with Crippen molar-refractivity contribution >= 4 is 29.9 Å². The number of aliphatic imine (C=N–C) groups is 1. The largest absolute Gasteiger partial charge is 0.401 e. The number of hydrogen-bond donors (Lipinski definition) is 2. The standard InChI is InChI=1S/C15H21F5N4.HI/c1-21-14(23-7-8-24(2)10-15(18,19)20)22-6-5-11-9-12(16)3-4-13(11)17;/h3-4,9H,5-8,10H2,1-2H3,(H2,21,22,23);1H. The van der Waals surface area contributed by atoms with Crippen LogP contribution in [0.1, 0.15) is 5.56 Å². The van der Waals surface area contributed by atoms with Crippen LogP contribution >= 0.6 is 24.0 Å². The summed E-state index contributed by atoms with van der Waals surface area (Å²) in [5.74, 6) is -0.622. The Kier molecular flexibility index (Phi) is 10.9. The third-order valence-corrected chi connectivity index (χ3v) is 3.15. The summed E-state index contributed by atoms with van der Waals surface area (Å²) in [5, 5.41) is 5.76. The summed E-state index contributed by atoms with van der Waals surface area (Å²) < 4.78 is 63.1. The Balaban J connectivity index is 0.00000576. The van der Waals surface area contributed by atoms with Gasteiger partial charge in [0.1, 0.15) is 11.6 Å². The van der Waals surface area contributed by atoms with Crippen LogP contribution in [0, 0.1) is 11.6 Å². The van der Waals surface area contributed by atoms with Gasteiger partial charge in [-0.15, -0.1) is 24.0 Å². The van der Waals surface area contributed by atoms with Crippen LogP contribution in [0.4, 0.5) is 22.0 Å². The van der Waals surface area contributed by atoms with Crippen molar-refractivity contribution in [1.82, 2.24) is 15.5 Å². The van der Waals surface area contributed by atoms with Crippen LogP contribution in [0.3, 0.4) is 0 Å². The van der Waals surface area contributed by atoms with Crippen LogP contribution in [0.2, 0.25) is 0 Å². The third-order valence-electron chi connectivity index (χ3n) is 3.15. The minimum atomic E-state index is -4.23. The number of likely N-dealkylation sites (N-methyl/N-ethyl adjacent to an activating group) is 1. The van der Waals surface area contributed by atoms with Gasteiger partial charge in [-0.2, -0.15) is 13.2 Å². The number of benzene rings is 1. The molecule has 144 valence electrons. The van der Waals surface area contributed by atoms with Gasteiger partial charge < -0.3 is 10.6 Å². The van der Waals surface area contributed by atoms with E-state index in [1.807, 2.05) is 0 Å². The van der Waals surface area contributed by atoms with Crippen molar-refractivity contribution in [3.63, 3.8) is 0 Å². The molecule has 25 heavy (non-hydrogen) atoms. The summed E-state index contributed by atoms with van der Waals surface area (Å²) in [4.78, 5) is 5.06. The molecule has 0 unspecified atom stereocenters. The van der Waals surface area contributed by atoms with E-state index in [1.165, 1.54) is 14.1 Å². The number of alkyl halides is 3. The fourth-order valence-electron chi connectivity index (χ4n) is 2.02. The van der Waals surface area contributed by atoms with E-state index in [9.17, 15) is 22.0 Å². The smallest absolute Gasteiger partial charge is 0.356 e. The minimum Gasteiger partial charge on any atom is -0.356 e. The van der Waals surface area contributed by atoms with Crippen molar-refractivity contribution in [2.45, 2.75) is 12.6 Å². The summed E-state index contributed by atoms with van der Waals surface area (Å²) in [6, 6.07) is 3.23. The van der Waals surface area contributed by atoms with Crippen molar-refractivity contribution in [2.75, 3.05) is 40.3 Å². The highest BCUT2D eigenvalue weighted by Gasteiger charge is 2.28. The zero-order valence-electron chi connectivity index (χ0n) is 14.0. The fourth-order valence-corrected chi connectivity index (χ4v) is 2.02. The monoisotopic (exact) mass is 480 g/mol. The maximum Gasteiger partial charge on any atom is 0.401 e. The van der Waals surface area contributed by atoms with E-state index in [4.69, 9.17) is 0 Å². The predicted molar refractivity (Wildman–Crippen MR) is 98.4 cm³/mol. The first kappa shape index (κ1) is 23.8. The first-order chi connectivity index (χ1) is 11.2. The van der Waals surface area contributed by atoms with Crippen LogP contribution in [-0.2, 0) is 6.42 Å². The normalized spacial score (nSPS) is 12.1. The van der Waals surface area contributed by atoms with Gasteiger partial charge in [0.2, 0.25) is 0 Å². The Morgan fingerprint density at radius 3 is 2.40 bits per heavy atom. The SMILES string of the molecule is CN=C(NCCc1cc(F)ccc1F)NCCN(C)CC(F)(F)F.I. The van der Waals surface area contributed by atoms with E-state index in [-0.39, 0.29) is 49.1 Å².